The number of carbonyl (C=O) groups excluding carboxylic acids is 3. The van der Waals surface area contributed by atoms with Gasteiger partial charge in [0.05, 0.1) is 5.69 Å². The summed E-state index contributed by atoms with van der Waals surface area (Å²) in [4.78, 5) is 38.0. The van der Waals surface area contributed by atoms with Crippen molar-refractivity contribution in [2.45, 2.75) is 6.61 Å². The molecule has 32 heavy (non-hydrogen) atoms. The van der Waals surface area contributed by atoms with Crippen LogP contribution in [0.4, 0.5) is 14.9 Å². The molecule has 1 aliphatic rings. The summed E-state index contributed by atoms with van der Waals surface area (Å²) in [5.41, 5.74) is 1.40. The van der Waals surface area contributed by atoms with E-state index in [1.807, 2.05) is 24.3 Å². The van der Waals surface area contributed by atoms with Crippen LogP contribution in [0.25, 0.3) is 6.08 Å². The Morgan fingerprint density at radius 1 is 0.969 bits per heavy atom. The van der Waals surface area contributed by atoms with Crippen molar-refractivity contribution in [3.05, 3.63) is 98.9 Å². The molecular weight excluding hydrogens is 526 g/mol. The van der Waals surface area contributed by atoms with Crippen molar-refractivity contribution in [2.75, 3.05) is 4.90 Å². The van der Waals surface area contributed by atoms with E-state index in [0.717, 1.165) is 20.1 Å². The number of amides is 4. The molecule has 6 nitrogen and oxygen atoms in total. The number of rotatable bonds is 5. The summed E-state index contributed by atoms with van der Waals surface area (Å²) in [5.74, 6) is -1.62. The maximum Gasteiger partial charge on any atom is 0.335 e. The second-order valence-corrected chi connectivity index (χ2v) is 8.17. The molecule has 1 aliphatic heterocycles. The Balaban J connectivity index is 1.51. The van der Waals surface area contributed by atoms with Crippen LogP contribution in [0.15, 0.2) is 78.4 Å². The van der Waals surface area contributed by atoms with Crippen LogP contribution in [0.2, 0.25) is 0 Å². The van der Waals surface area contributed by atoms with E-state index in [2.05, 4.69) is 27.9 Å². The molecule has 0 bridgehead atoms. The molecule has 8 heteroatoms. The molecule has 1 N–H and O–H groups in total. The first-order valence-corrected chi connectivity index (χ1v) is 10.6. The lowest BCUT2D eigenvalue weighted by Gasteiger charge is -2.26. The predicted molar refractivity (Wildman–Crippen MR) is 125 cm³/mol. The van der Waals surface area contributed by atoms with Crippen LogP contribution >= 0.6 is 22.6 Å². The molecule has 0 unspecified atom stereocenters. The molecule has 3 aromatic carbocycles. The highest BCUT2D eigenvalue weighted by atomic mass is 127. The first-order chi connectivity index (χ1) is 15.4. The monoisotopic (exact) mass is 542 g/mol. The zero-order chi connectivity index (χ0) is 22.7. The van der Waals surface area contributed by atoms with Crippen molar-refractivity contribution in [1.82, 2.24) is 5.32 Å². The molecular formula is C24H16FIN2O4. The summed E-state index contributed by atoms with van der Waals surface area (Å²) in [5, 5.41) is 2.11. The average molecular weight is 542 g/mol. The van der Waals surface area contributed by atoms with Crippen LogP contribution in [-0.4, -0.2) is 17.8 Å². The van der Waals surface area contributed by atoms with Crippen molar-refractivity contribution in [3.63, 3.8) is 0 Å². The molecule has 1 heterocycles. The molecule has 4 amide bonds. The van der Waals surface area contributed by atoms with Crippen LogP contribution in [0.5, 0.6) is 5.75 Å². The lowest BCUT2D eigenvalue weighted by molar-refractivity contribution is -0.122. The lowest BCUT2D eigenvalue weighted by atomic mass is 10.1. The predicted octanol–water partition coefficient (Wildman–Crippen LogP) is 4.68. The van der Waals surface area contributed by atoms with Gasteiger partial charge in [0.15, 0.2) is 0 Å². The third-order valence-electron chi connectivity index (χ3n) is 4.68. The Hall–Kier alpha value is -3.53. The highest BCUT2D eigenvalue weighted by molar-refractivity contribution is 14.1. The minimum absolute atomic E-state index is 0.0326. The van der Waals surface area contributed by atoms with E-state index in [4.69, 9.17) is 4.74 Å². The fourth-order valence-electron chi connectivity index (χ4n) is 3.08. The molecule has 0 atom stereocenters. The SMILES string of the molecule is O=C1NC(=O)N(c2cccc(F)c2)C(=O)/C1=C/c1ccc(OCc2ccc(I)cc2)cc1. The van der Waals surface area contributed by atoms with Gasteiger partial charge in [-0.05, 0) is 82.3 Å². The molecule has 0 aliphatic carbocycles. The molecule has 1 saturated heterocycles. The standard InChI is InChI=1S/C24H16FIN2O4/c25-17-2-1-3-19(13-17)28-23(30)21(22(29)27-24(28)31)12-15-6-10-20(11-7-15)32-14-16-4-8-18(26)9-5-16/h1-13H,14H2,(H,27,29,31)/b21-12+. The van der Waals surface area contributed by atoms with Crippen molar-refractivity contribution in [3.8, 4) is 5.75 Å². The van der Waals surface area contributed by atoms with E-state index in [0.29, 0.717) is 17.9 Å². The zero-order valence-corrected chi connectivity index (χ0v) is 18.7. The molecule has 0 aromatic heterocycles. The van der Waals surface area contributed by atoms with Crippen molar-refractivity contribution < 1.29 is 23.5 Å². The third-order valence-corrected chi connectivity index (χ3v) is 5.40. The van der Waals surface area contributed by atoms with Crippen LogP contribution in [0.3, 0.4) is 0 Å². The summed E-state index contributed by atoms with van der Waals surface area (Å²) < 4.78 is 20.5. The Labute approximate surface area is 196 Å². The van der Waals surface area contributed by atoms with Gasteiger partial charge in [0.2, 0.25) is 0 Å². The number of anilines is 1. The molecule has 3 aromatic rings. The minimum atomic E-state index is -0.929. The largest absolute Gasteiger partial charge is 0.489 e. The number of hydrogen-bond acceptors (Lipinski definition) is 4. The molecule has 1 fully saturated rings. The van der Waals surface area contributed by atoms with E-state index in [-0.39, 0.29) is 11.3 Å². The van der Waals surface area contributed by atoms with Crippen LogP contribution in [-0.2, 0) is 16.2 Å². The summed E-state index contributed by atoms with van der Waals surface area (Å²) in [6, 6.07) is 18.9. The van der Waals surface area contributed by atoms with Gasteiger partial charge in [-0.1, -0.05) is 30.3 Å². The summed E-state index contributed by atoms with van der Waals surface area (Å²) >= 11 is 2.24. The minimum Gasteiger partial charge on any atom is -0.489 e. The topological polar surface area (TPSA) is 75.7 Å². The number of hydrogen-bond donors (Lipinski definition) is 1. The van der Waals surface area contributed by atoms with E-state index in [1.165, 1.54) is 24.3 Å². The van der Waals surface area contributed by atoms with E-state index in [9.17, 15) is 18.8 Å². The third kappa shape index (κ3) is 4.86. The number of nitrogens with zero attached hydrogens (tertiary/aromatic N) is 1. The van der Waals surface area contributed by atoms with Crippen LogP contribution in [0.1, 0.15) is 11.1 Å². The first kappa shape index (κ1) is 21.7. The van der Waals surface area contributed by atoms with E-state index in [1.54, 1.807) is 24.3 Å². The smallest absolute Gasteiger partial charge is 0.335 e. The van der Waals surface area contributed by atoms with E-state index < -0.39 is 23.7 Å². The maximum absolute atomic E-state index is 13.6. The van der Waals surface area contributed by atoms with Gasteiger partial charge in [-0.15, -0.1) is 0 Å². The zero-order valence-electron chi connectivity index (χ0n) is 16.5. The Bertz CT molecular complexity index is 1220. The molecule has 0 radical (unpaired) electrons. The Kier molecular flexibility index (Phi) is 6.31. The molecule has 4 rings (SSSR count). The Morgan fingerprint density at radius 3 is 2.38 bits per heavy atom. The Morgan fingerprint density at radius 2 is 1.69 bits per heavy atom. The molecule has 160 valence electrons. The van der Waals surface area contributed by atoms with Gasteiger partial charge in [-0.25, -0.2) is 14.1 Å². The van der Waals surface area contributed by atoms with Crippen molar-refractivity contribution in [1.29, 1.82) is 0 Å². The lowest BCUT2D eigenvalue weighted by Crippen LogP contribution is -2.54. The normalized spacial score (nSPS) is 15.1. The maximum atomic E-state index is 13.6. The summed E-state index contributed by atoms with van der Waals surface area (Å²) in [6.45, 7) is 0.406. The van der Waals surface area contributed by atoms with Gasteiger partial charge in [0.1, 0.15) is 23.7 Å². The first-order valence-electron chi connectivity index (χ1n) is 9.55. The van der Waals surface area contributed by atoms with Crippen molar-refractivity contribution >= 4 is 52.2 Å². The molecule has 0 spiro atoms. The number of barbiturate groups is 1. The summed E-state index contributed by atoms with van der Waals surface area (Å²) in [7, 11) is 0. The van der Waals surface area contributed by atoms with Crippen LogP contribution in [0, 0.1) is 9.39 Å². The number of benzene rings is 3. The summed E-state index contributed by atoms with van der Waals surface area (Å²) in [6.07, 6.45) is 1.37. The average Bonchev–Trinajstić information content (AvgIpc) is 2.77. The van der Waals surface area contributed by atoms with Gasteiger partial charge >= 0.3 is 6.03 Å². The second-order valence-electron chi connectivity index (χ2n) is 6.92. The van der Waals surface area contributed by atoms with E-state index >= 15 is 0 Å². The van der Waals surface area contributed by atoms with Gasteiger partial charge < -0.3 is 4.74 Å². The number of imide groups is 2. The highest BCUT2D eigenvalue weighted by Gasteiger charge is 2.36. The number of nitrogens with one attached hydrogen (secondary N) is 1. The fourth-order valence-corrected chi connectivity index (χ4v) is 3.44. The second kappa shape index (κ2) is 9.31. The number of ether oxygens (including phenoxy) is 1. The van der Waals surface area contributed by atoms with Gasteiger partial charge in [0, 0.05) is 3.57 Å². The van der Waals surface area contributed by atoms with Crippen LogP contribution < -0.4 is 15.0 Å². The fraction of sp³-hybridized carbons (Fsp3) is 0.0417. The van der Waals surface area contributed by atoms with Gasteiger partial charge in [-0.3, -0.25) is 14.9 Å². The van der Waals surface area contributed by atoms with Crippen molar-refractivity contribution in [2.24, 2.45) is 0 Å². The number of halogens is 2. The number of urea groups is 1. The number of carbonyl (C=O) groups is 3. The quantitative estimate of drug-likeness (QED) is 0.289. The van der Waals surface area contributed by atoms with Gasteiger partial charge in [-0.2, -0.15) is 0 Å². The molecule has 0 saturated carbocycles. The highest BCUT2D eigenvalue weighted by Crippen LogP contribution is 2.23. The van der Waals surface area contributed by atoms with Gasteiger partial charge in [0.25, 0.3) is 11.8 Å².